The number of hydrogen-bond acceptors (Lipinski definition) is 2. The lowest BCUT2D eigenvalue weighted by atomic mass is 9.89. The highest BCUT2D eigenvalue weighted by molar-refractivity contribution is 5.42. The van der Waals surface area contributed by atoms with Crippen LogP contribution >= 0.6 is 0 Å². The normalized spacial score (nSPS) is 19.6. The van der Waals surface area contributed by atoms with Gasteiger partial charge in [-0.3, -0.25) is 0 Å². The van der Waals surface area contributed by atoms with Crippen LogP contribution in [0, 0.1) is 5.92 Å². The van der Waals surface area contributed by atoms with Gasteiger partial charge in [0.2, 0.25) is 0 Å². The average molecular weight is 220 g/mol. The first-order valence-corrected chi connectivity index (χ1v) is 6.11. The molecule has 2 heteroatoms. The van der Waals surface area contributed by atoms with Crippen LogP contribution in [0.2, 0.25) is 0 Å². The third-order valence-electron chi connectivity index (χ3n) is 3.00. The van der Waals surface area contributed by atoms with Gasteiger partial charge in [-0.15, -0.1) is 0 Å². The van der Waals surface area contributed by atoms with Gasteiger partial charge in [-0.2, -0.15) is 0 Å². The van der Waals surface area contributed by atoms with Gasteiger partial charge in [-0.05, 0) is 42.4 Å². The Bertz CT molecular complexity index is 358. The van der Waals surface area contributed by atoms with Gasteiger partial charge in [-0.1, -0.05) is 26.0 Å². The van der Waals surface area contributed by atoms with Crippen molar-refractivity contribution in [3.05, 3.63) is 29.3 Å². The minimum Gasteiger partial charge on any atom is -0.493 e. The van der Waals surface area contributed by atoms with Gasteiger partial charge >= 0.3 is 0 Å². The summed E-state index contributed by atoms with van der Waals surface area (Å²) in [7, 11) is 0. The highest BCUT2D eigenvalue weighted by Crippen LogP contribution is 2.35. The molecule has 1 atom stereocenters. The summed E-state index contributed by atoms with van der Waals surface area (Å²) in [6.07, 6.45) is 2.66. The van der Waals surface area contributed by atoms with E-state index in [0.717, 1.165) is 37.2 Å². The van der Waals surface area contributed by atoms with E-state index in [1.165, 1.54) is 5.56 Å². The number of benzene rings is 1. The summed E-state index contributed by atoms with van der Waals surface area (Å²) >= 11 is 0. The van der Waals surface area contributed by atoms with Crippen molar-refractivity contribution < 1.29 is 9.84 Å². The largest absolute Gasteiger partial charge is 0.493 e. The molecule has 0 saturated heterocycles. The maximum absolute atomic E-state index is 9.91. The molecule has 0 aliphatic heterocycles. The van der Waals surface area contributed by atoms with E-state index >= 15 is 0 Å². The topological polar surface area (TPSA) is 29.5 Å². The standard InChI is InChI=1S/C14H20O2/c1-10(2)9-16-14-8-4-5-11-12(14)6-3-7-13(11)15/h4-5,8,10,13,15H,3,6-7,9H2,1-2H3. The first kappa shape index (κ1) is 11.5. The fourth-order valence-corrected chi connectivity index (χ4v) is 2.18. The summed E-state index contributed by atoms with van der Waals surface area (Å²) < 4.78 is 5.80. The van der Waals surface area contributed by atoms with Crippen LogP contribution in [0.3, 0.4) is 0 Å². The van der Waals surface area contributed by atoms with Crippen LogP contribution in [0.5, 0.6) is 5.75 Å². The maximum Gasteiger partial charge on any atom is 0.122 e. The summed E-state index contributed by atoms with van der Waals surface area (Å²) in [4.78, 5) is 0. The summed E-state index contributed by atoms with van der Waals surface area (Å²) in [5, 5.41) is 9.91. The first-order valence-electron chi connectivity index (χ1n) is 6.11. The zero-order valence-corrected chi connectivity index (χ0v) is 10.1. The number of rotatable bonds is 3. The van der Waals surface area contributed by atoms with E-state index in [1.54, 1.807) is 0 Å². The number of aliphatic hydroxyl groups excluding tert-OH is 1. The van der Waals surface area contributed by atoms with E-state index in [4.69, 9.17) is 4.74 Å². The quantitative estimate of drug-likeness (QED) is 0.848. The Morgan fingerprint density at radius 3 is 3.00 bits per heavy atom. The molecule has 2 nitrogen and oxygen atoms in total. The molecule has 88 valence electrons. The van der Waals surface area contributed by atoms with Gasteiger partial charge < -0.3 is 9.84 Å². The molecule has 0 spiro atoms. The van der Waals surface area contributed by atoms with Crippen LogP contribution < -0.4 is 4.74 Å². The van der Waals surface area contributed by atoms with Crippen molar-refractivity contribution >= 4 is 0 Å². The van der Waals surface area contributed by atoms with Gasteiger partial charge in [0.15, 0.2) is 0 Å². The summed E-state index contributed by atoms with van der Waals surface area (Å²) in [6, 6.07) is 6.00. The second-order valence-electron chi connectivity index (χ2n) is 4.94. The van der Waals surface area contributed by atoms with E-state index in [2.05, 4.69) is 13.8 Å². The predicted octanol–water partition coefficient (Wildman–Crippen LogP) is 3.09. The van der Waals surface area contributed by atoms with E-state index < -0.39 is 0 Å². The Morgan fingerprint density at radius 2 is 2.25 bits per heavy atom. The summed E-state index contributed by atoms with van der Waals surface area (Å²) in [5.74, 6) is 1.49. The number of ether oxygens (including phenoxy) is 1. The molecule has 0 amide bonds. The van der Waals surface area contributed by atoms with E-state index in [1.807, 2.05) is 18.2 Å². The molecule has 0 aromatic heterocycles. The lowest BCUT2D eigenvalue weighted by molar-refractivity contribution is 0.154. The monoisotopic (exact) mass is 220 g/mol. The Kier molecular flexibility index (Phi) is 3.49. The predicted molar refractivity (Wildman–Crippen MR) is 64.7 cm³/mol. The van der Waals surface area contributed by atoms with E-state index in [-0.39, 0.29) is 6.10 Å². The Balaban J connectivity index is 2.22. The fourth-order valence-electron chi connectivity index (χ4n) is 2.18. The summed E-state index contributed by atoms with van der Waals surface area (Å²) in [6.45, 7) is 5.03. The Hall–Kier alpha value is -1.02. The molecular formula is C14H20O2. The SMILES string of the molecule is CC(C)COc1cccc2c1CCCC2O. The third-order valence-corrected chi connectivity index (χ3v) is 3.00. The van der Waals surface area contributed by atoms with Gasteiger partial charge in [0, 0.05) is 0 Å². The molecule has 0 radical (unpaired) electrons. The molecular weight excluding hydrogens is 200 g/mol. The second-order valence-corrected chi connectivity index (χ2v) is 4.94. The molecule has 1 aliphatic carbocycles. The first-order chi connectivity index (χ1) is 7.68. The Labute approximate surface area is 97.3 Å². The van der Waals surface area contributed by atoms with Crippen molar-refractivity contribution in [2.45, 2.75) is 39.2 Å². The van der Waals surface area contributed by atoms with Gasteiger partial charge in [0.1, 0.15) is 5.75 Å². The molecule has 1 unspecified atom stereocenters. The van der Waals surface area contributed by atoms with E-state index in [0.29, 0.717) is 5.92 Å². The highest BCUT2D eigenvalue weighted by Gasteiger charge is 2.20. The number of hydrogen-bond donors (Lipinski definition) is 1. The van der Waals surface area contributed by atoms with Crippen LogP contribution in [-0.4, -0.2) is 11.7 Å². The molecule has 0 saturated carbocycles. The molecule has 0 bridgehead atoms. The molecule has 0 fully saturated rings. The molecule has 1 aliphatic rings. The van der Waals surface area contributed by atoms with Crippen LogP contribution in [0.15, 0.2) is 18.2 Å². The summed E-state index contributed by atoms with van der Waals surface area (Å²) in [5.41, 5.74) is 2.27. The van der Waals surface area contributed by atoms with Crippen LogP contribution in [0.4, 0.5) is 0 Å². The van der Waals surface area contributed by atoms with Crippen molar-refractivity contribution in [3.63, 3.8) is 0 Å². The molecule has 0 heterocycles. The molecule has 2 rings (SSSR count). The van der Waals surface area contributed by atoms with Crippen molar-refractivity contribution in [1.82, 2.24) is 0 Å². The molecule has 1 N–H and O–H groups in total. The van der Waals surface area contributed by atoms with E-state index in [9.17, 15) is 5.11 Å². The maximum atomic E-state index is 9.91. The van der Waals surface area contributed by atoms with Crippen LogP contribution in [-0.2, 0) is 6.42 Å². The molecule has 1 aromatic rings. The van der Waals surface area contributed by atoms with Gasteiger partial charge in [0.25, 0.3) is 0 Å². The minimum atomic E-state index is -0.300. The fraction of sp³-hybridized carbons (Fsp3) is 0.571. The average Bonchev–Trinajstić information content (AvgIpc) is 2.27. The lowest BCUT2D eigenvalue weighted by Crippen LogP contribution is -2.12. The zero-order chi connectivity index (χ0) is 11.5. The molecule has 16 heavy (non-hydrogen) atoms. The number of aliphatic hydroxyl groups is 1. The Morgan fingerprint density at radius 1 is 1.44 bits per heavy atom. The second kappa shape index (κ2) is 4.88. The lowest BCUT2D eigenvalue weighted by Gasteiger charge is -2.24. The third kappa shape index (κ3) is 2.38. The number of fused-ring (bicyclic) bond motifs is 1. The highest BCUT2D eigenvalue weighted by atomic mass is 16.5. The van der Waals surface area contributed by atoms with Crippen molar-refractivity contribution in [2.75, 3.05) is 6.61 Å². The van der Waals surface area contributed by atoms with Crippen molar-refractivity contribution in [1.29, 1.82) is 0 Å². The van der Waals surface area contributed by atoms with Crippen molar-refractivity contribution in [2.24, 2.45) is 5.92 Å². The molecule has 1 aromatic carbocycles. The van der Waals surface area contributed by atoms with Gasteiger partial charge in [-0.25, -0.2) is 0 Å². The van der Waals surface area contributed by atoms with Crippen LogP contribution in [0.1, 0.15) is 43.9 Å². The minimum absolute atomic E-state index is 0.300. The smallest absolute Gasteiger partial charge is 0.122 e. The van der Waals surface area contributed by atoms with Crippen molar-refractivity contribution in [3.8, 4) is 5.75 Å². The van der Waals surface area contributed by atoms with Crippen LogP contribution in [0.25, 0.3) is 0 Å². The zero-order valence-electron chi connectivity index (χ0n) is 10.1. The van der Waals surface area contributed by atoms with Gasteiger partial charge in [0.05, 0.1) is 12.7 Å².